The summed E-state index contributed by atoms with van der Waals surface area (Å²) < 4.78 is 5.22. The molecule has 2 heteroatoms. The predicted molar refractivity (Wildman–Crippen MR) is 72.8 cm³/mol. The highest BCUT2D eigenvalue weighted by Crippen LogP contribution is 2.45. The molecule has 0 amide bonds. The molecule has 2 nitrogen and oxygen atoms in total. The lowest BCUT2D eigenvalue weighted by molar-refractivity contribution is 0.0332. The molecule has 1 saturated carbocycles. The Morgan fingerprint density at radius 2 is 1.78 bits per heavy atom. The van der Waals surface area contributed by atoms with Crippen molar-refractivity contribution >= 4 is 10.8 Å². The molecule has 0 bridgehead atoms. The monoisotopic (exact) mass is 242 g/mol. The Hall–Kier alpha value is -1.54. The predicted octanol–water partition coefficient (Wildman–Crippen LogP) is 3.47. The van der Waals surface area contributed by atoms with Gasteiger partial charge in [0.2, 0.25) is 0 Å². The topological polar surface area (TPSA) is 29.5 Å². The van der Waals surface area contributed by atoms with E-state index >= 15 is 0 Å². The second-order valence-electron chi connectivity index (χ2n) is 5.35. The van der Waals surface area contributed by atoms with Gasteiger partial charge in [-0.25, -0.2) is 0 Å². The SMILES string of the molecule is COc1ccc2cc([C@@](C)(O)C3CC3)ccc2c1. The zero-order valence-corrected chi connectivity index (χ0v) is 10.8. The highest BCUT2D eigenvalue weighted by atomic mass is 16.5. The molecule has 1 N–H and O–H groups in total. The zero-order valence-electron chi connectivity index (χ0n) is 10.8. The Morgan fingerprint density at radius 3 is 2.44 bits per heavy atom. The van der Waals surface area contributed by atoms with Crippen LogP contribution in [0.1, 0.15) is 25.3 Å². The molecular weight excluding hydrogens is 224 g/mol. The average Bonchev–Trinajstić information content (AvgIpc) is 3.22. The quantitative estimate of drug-likeness (QED) is 0.893. The maximum Gasteiger partial charge on any atom is 0.119 e. The van der Waals surface area contributed by atoms with E-state index in [1.165, 1.54) is 0 Å². The van der Waals surface area contributed by atoms with E-state index in [2.05, 4.69) is 12.1 Å². The van der Waals surface area contributed by atoms with Gasteiger partial charge in [0.25, 0.3) is 0 Å². The molecule has 1 atom stereocenters. The Bertz CT molecular complexity index is 583. The van der Waals surface area contributed by atoms with Gasteiger partial charge in [-0.05, 0) is 60.2 Å². The molecule has 0 radical (unpaired) electrons. The lowest BCUT2D eigenvalue weighted by Gasteiger charge is -2.24. The largest absolute Gasteiger partial charge is 0.497 e. The normalized spacial score (nSPS) is 18.6. The van der Waals surface area contributed by atoms with Crippen LogP contribution < -0.4 is 4.74 Å². The van der Waals surface area contributed by atoms with Crippen molar-refractivity contribution in [2.75, 3.05) is 7.11 Å². The number of hydrogen-bond acceptors (Lipinski definition) is 2. The van der Waals surface area contributed by atoms with Crippen LogP contribution in [0, 0.1) is 5.92 Å². The van der Waals surface area contributed by atoms with E-state index in [9.17, 15) is 5.11 Å². The zero-order chi connectivity index (χ0) is 12.8. The minimum Gasteiger partial charge on any atom is -0.497 e. The van der Waals surface area contributed by atoms with Gasteiger partial charge in [-0.3, -0.25) is 0 Å². The van der Waals surface area contributed by atoms with E-state index in [0.29, 0.717) is 5.92 Å². The van der Waals surface area contributed by atoms with Crippen LogP contribution in [-0.2, 0) is 5.60 Å². The van der Waals surface area contributed by atoms with Crippen LogP contribution in [0.5, 0.6) is 5.75 Å². The first-order valence-corrected chi connectivity index (χ1v) is 6.42. The van der Waals surface area contributed by atoms with Crippen molar-refractivity contribution < 1.29 is 9.84 Å². The molecule has 1 fully saturated rings. The molecule has 1 aliphatic carbocycles. The molecule has 0 spiro atoms. The molecule has 94 valence electrons. The van der Waals surface area contributed by atoms with Crippen LogP contribution in [0.15, 0.2) is 36.4 Å². The summed E-state index contributed by atoms with van der Waals surface area (Å²) in [5.74, 6) is 1.29. The van der Waals surface area contributed by atoms with Gasteiger partial charge in [0, 0.05) is 0 Å². The second-order valence-corrected chi connectivity index (χ2v) is 5.35. The highest BCUT2D eigenvalue weighted by Gasteiger charge is 2.41. The summed E-state index contributed by atoms with van der Waals surface area (Å²) in [5.41, 5.74) is 0.330. The second kappa shape index (κ2) is 3.99. The molecule has 0 aliphatic heterocycles. The summed E-state index contributed by atoms with van der Waals surface area (Å²) in [4.78, 5) is 0. The van der Waals surface area contributed by atoms with Crippen LogP contribution >= 0.6 is 0 Å². The van der Waals surface area contributed by atoms with E-state index in [0.717, 1.165) is 34.9 Å². The number of methoxy groups -OCH3 is 1. The van der Waals surface area contributed by atoms with Gasteiger partial charge in [-0.15, -0.1) is 0 Å². The molecule has 0 saturated heterocycles. The average molecular weight is 242 g/mol. The number of benzene rings is 2. The van der Waals surface area contributed by atoms with Crippen molar-refractivity contribution in [2.45, 2.75) is 25.4 Å². The summed E-state index contributed by atoms with van der Waals surface area (Å²) in [6.07, 6.45) is 2.27. The Morgan fingerprint density at radius 1 is 1.11 bits per heavy atom. The number of rotatable bonds is 3. The lowest BCUT2D eigenvalue weighted by atomic mass is 9.89. The van der Waals surface area contributed by atoms with E-state index in [4.69, 9.17) is 4.74 Å². The minimum absolute atomic E-state index is 0.424. The fourth-order valence-electron chi connectivity index (χ4n) is 2.55. The Kier molecular flexibility index (Phi) is 2.56. The van der Waals surface area contributed by atoms with Crippen molar-refractivity contribution in [3.8, 4) is 5.75 Å². The third-order valence-corrected chi connectivity index (χ3v) is 4.00. The molecular formula is C16H18O2. The van der Waals surface area contributed by atoms with E-state index in [1.54, 1.807) is 7.11 Å². The summed E-state index contributed by atoms with van der Waals surface area (Å²) in [6.45, 7) is 1.93. The maximum atomic E-state index is 10.6. The van der Waals surface area contributed by atoms with Gasteiger partial charge in [-0.2, -0.15) is 0 Å². The van der Waals surface area contributed by atoms with Crippen LogP contribution in [0.4, 0.5) is 0 Å². The first-order chi connectivity index (χ1) is 8.61. The number of fused-ring (bicyclic) bond motifs is 1. The number of ether oxygens (including phenoxy) is 1. The maximum absolute atomic E-state index is 10.6. The van der Waals surface area contributed by atoms with Crippen molar-refractivity contribution in [2.24, 2.45) is 5.92 Å². The van der Waals surface area contributed by atoms with Crippen LogP contribution in [-0.4, -0.2) is 12.2 Å². The fraction of sp³-hybridized carbons (Fsp3) is 0.375. The fourth-order valence-corrected chi connectivity index (χ4v) is 2.55. The lowest BCUT2D eigenvalue weighted by Crippen LogP contribution is -2.23. The van der Waals surface area contributed by atoms with Gasteiger partial charge in [-0.1, -0.05) is 18.2 Å². The molecule has 0 aromatic heterocycles. The van der Waals surface area contributed by atoms with Crippen LogP contribution in [0.25, 0.3) is 10.8 Å². The van der Waals surface area contributed by atoms with Crippen molar-refractivity contribution in [3.05, 3.63) is 42.0 Å². The van der Waals surface area contributed by atoms with Crippen LogP contribution in [0.2, 0.25) is 0 Å². The summed E-state index contributed by atoms with van der Waals surface area (Å²) >= 11 is 0. The first-order valence-electron chi connectivity index (χ1n) is 6.42. The van der Waals surface area contributed by atoms with Crippen molar-refractivity contribution in [1.82, 2.24) is 0 Å². The summed E-state index contributed by atoms with van der Waals surface area (Å²) in [5, 5.41) is 12.9. The number of aliphatic hydroxyl groups is 1. The Labute approximate surface area is 107 Å². The van der Waals surface area contributed by atoms with Gasteiger partial charge in [0.15, 0.2) is 0 Å². The summed E-state index contributed by atoms with van der Waals surface area (Å²) in [7, 11) is 1.67. The smallest absolute Gasteiger partial charge is 0.119 e. The highest BCUT2D eigenvalue weighted by molar-refractivity contribution is 5.84. The number of hydrogen-bond donors (Lipinski definition) is 1. The van der Waals surface area contributed by atoms with Gasteiger partial charge < -0.3 is 9.84 Å². The first kappa shape index (κ1) is 11.5. The molecule has 2 aromatic rings. The molecule has 0 heterocycles. The third kappa shape index (κ3) is 1.87. The van der Waals surface area contributed by atoms with Crippen molar-refractivity contribution in [1.29, 1.82) is 0 Å². The summed E-state index contributed by atoms with van der Waals surface area (Å²) in [6, 6.07) is 12.2. The van der Waals surface area contributed by atoms with Gasteiger partial charge >= 0.3 is 0 Å². The van der Waals surface area contributed by atoms with Gasteiger partial charge in [0.05, 0.1) is 12.7 Å². The van der Waals surface area contributed by atoms with E-state index < -0.39 is 5.60 Å². The molecule has 0 unspecified atom stereocenters. The van der Waals surface area contributed by atoms with Gasteiger partial charge in [0.1, 0.15) is 5.75 Å². The molecule has 3 rings (SSSR count). The van der Waals surface area contributed by atoms with E-state index in [1.807, 2.05) is 31.2 Å². The van der Waals surface area contributed by atoms with Crippen LogP contribution in [0.3, 0.4) is 0 Å². The molecule has 1 aliphatic rings. The molecule has 2 aromatic carbocycles. The minimum atomic E-state index is -0.686. The molecule has 18 heavy (non-hydrogen) atoms. The van der Waals surface area contributed by atoms with E-state index in [-0.39, 0.29) is 0 Å². The van der Waals surface area contributed by atoms with Crippen molar-refractivity contribution in [3.63, 3.8) is 0 Å². The standard InChI is InChI=1S/C16H18O2/c1-16(17,13-6-7-13)14-5-3-12-10-15(18-2)8-4-11(12)9-14/h3-5,8-10,13,17H,6-7H2,1-2H3/t16-/m0/s1. The Balaban J connectivity index is 2.06. The third-order valence-electron chi connectivity index (χ3n) is 4.00.